The second-order valence-electron chi connectivity index (χ2n) is 5.46. The van der Waals surface area contributed by atoms with Crippen LogP contribution in [0.25, 0.3) is 10.9 Å². The SMILES string of the molecule is O=C(N/N=C/c1c(Cl)[nH]c2ccccc12)c1ccc2c(c1)OCCO2. The summed E-state index contributed by atoms with van der Waals surface area (Å²) < 4.78 is 10.9. The summed E-state index contributed by atoms with van der Waals surface area (Å²) >= 11 is 6.19. The van der Waals surface area contributed by atoms with Crippen molar-refractivity contribution in [2.24, 2.45) is 5.10 Å². The van der Waals surface area contributed by atoms with Crippen molar-refractivity contribution >= 4 is 34.6 Å². The number of carbonyl (C=O) groups excluding carboxylic acids is 1. The van der Waals surface area contributed by atoms with Crippen molar-refractivity contribution in [3.8, 4) is 11.5 Å². The number of rotatable bonds is 3. The number of para-hydroxylation sites is 1. The number of benzene rings is 2. The molecule has 25 heavy (non-hydrogen) atoms. The Morgan fingerprint density at radius 1 is 1.16 bits per heavy atom. The van der Waals surface area contributed by atoms with E-state index in [2.05, 4.69) is 15.5 Å². The predicted octanol–water partition coefficient (Wildman–Crippen LogP) is 3.36. The molecule has 0 radical (unpaired) electrons. The van der Waals surface area contributed by atoms with Gasteiger partial charge in [0, 0.05) is 22.0 Å². The second kappa shape index (κ2) is 6.49. The van der Waals surface area contributed by atoms with Crippen LogP contribution in [-0.4, -0.2) is 30.3 Å². The lowest BCUT2D eigenvalue weighted by Gasteiger charge is -2.18. The van der Waals surface area contributed by atoms with Crippen LogP contribution in [0.15, 0.2) is 47.6 Å². The minimum atomic E-state index is -0.343. The van der Waals surface area contributed by atoms with Gasteiger partial charge in [-0.2, -0.15) is 5.10 Å². The van der Waals surface area contributed by atoms with E-state index in [9.17, 15) is 4.79 Å². The predicted molar refractivity (Wildman–Crippen MR) is 95.8 cm³/mol. The molecule has 1 aliphatic rings. The molecular formula is C18H14ClN3O3. The van der Waals surface area contributed by atoms with Crippen LogP contribution in [0.1, 0.15) is 15.9 Å². The maximum Gasteiger partial charge on any atom is 0.271 e. The van der Waals surface area contributed by atoms with E-state index in [-0.39, 0.29) is 5.91 Å². The number of aromatic amines is 1. The van der Waals surface area contributed by atoms with Gasteiger partial charge in [0.05, 0.1) is 6.21 Å². The number of ether oxygens (including phenoxy) is 2. The maximum absolute atomic E-state index is 12.2. The van der Waals surface area contributed by atoms with E-state index in [0.717, 1.165) is 16.5 Å². The van der Waals surface area contributed by atoms with Crippen LogP contribution in [-0.2, 0) is 0 Å². The molecule has 0 bridgehead atoms. The summed E-state index contributed by atoms with van der Waals surface area (Å²) in [7, 11) is 0. The fraction of sp³-hybridized carbons (Fsp3) is 0.111. The first-order valence-electron chi connectivity index (χ1n) is 7.71. The lowest BCUT2D eigenvalue weighted by Crippen LogP contribution is -2.19. The Labute approximate surface area is 148 Å². The molecule has 2 N–H and O–H groups in total. The van der Waals surface area contributed by atoms with Gasteiger partial charge < -0.3 is 14.5 Å². The fourth-order valence-corrected chi connectivity index (χ4v) is 2.91. The molecule has 0 saturated carbocycles. The second-order valence-corrected chi connectivity index (χ2v) is 5.83. The van der Waals surface area contributed by atoms with Crippen LogP contribution < -0.4 is 14.9 Å². The molecule has 3 aromatic rings. The van der Waals surface area contributed by atoms with Gasteiger partial charge in [0.1, 0.15) is 18.4 Å². The van der Waals surface area contributed by atoms with Crippen LogP contribution >= 0.6 is 11.6 Å². The van der Waals surface area contributed by atoms with Crippen LogP contribution in [0.4, 0.5) is 0 Å². The third-order valence-electron chi connectivity index (χ3n) is 3.86. The minimum Gasteiger partial charge on any atom is -0.486 e. The zero-order chi connectivity index (χ0) is 17.2. The number of hydrogen-bond donors (Lipinski definition) is 2. The molecule has 7 heteroatoms. The summed E-state index contributed by atoms with van der Waals surface area (Å²) in [4.78, 5) is 15.3. The van der Waals surface area contributed by atoms with Gasteiger partial charge in [0.25, 0.3) is 5.91 Å². The molecule has 1 amide bonds. The highest BCUT2D eigenvalue weighted by atomic mass is 35.5. The van der Waals surface area contributed by atoms with Crippen molar-refractivity contribution in [2.75, 3.05) is 13.2 Å². The molecular weight excluding hydrogens is 342 g/mol. The summed E-state index contributed by atoms with van der Waals surface area (Å²) in [6.07, 6.45) is 1.52. The summed E-state index contributed by atoms with van der Waals surface area (Å²) in [6.45, 7) is 0.976. The van der Waals surface area contributed by atoms with Crippen molar-refractivity contribution in [1.82, 2.24) is 10.4 Å². The van der Waals surface area contributed by atoms with Gasteiger partial charge in [-0.25, -0.2) is 5.43 Å². The first kappa shape index (κ1) is 15.5. The molecule has 126 valence electrons. The maximum atomic E-state index is 12.2. The Bertz CT molecular complexity index is 981. The van der Waals surface area contributed by atoms with Crippen molar-refractivity contribution in [1.29, 1.82) is 0 Å². The van der Waals surface area contributed by atoms with Crippen molar-refractivity contribution in [3.05, 3.63) is 58.7 Å². The van der Waals surface area contributed by atoms with Gasteiger partial charge in [-0.15, -0.1) is 0 Å². The lowest BCUT2D eigenvalue weighted by atomic mass is 10.2. The standard InChI is InChI=1S/C18H14ClN3O3/c19-17-13(12-3-1-2-4-14(12)21-17)10-20-22-18(23)11-5-6-15-16(9-11)25-8-7-24-15/h1-6,9-10,21H,7-8H2,(H,22,23)/b20-10+. The third-order valence-corrected chi connectivity index (χ3v) is 4.16. The topological polar surface area (TPSA) is 75.7 Å². The first-order chi connectivity index (χ1) is 12.2. The molecule has 0 aliphatic carbocycles. The Morgan fingerprint density at radius 3 is 2.84 bits per heavy atom. The van der Waals surface area contributed by atoms with E-state index in [4.69, 9.17) is 21.1 Å². The Morgan fingerprint density at radius 2 is 1.96 bits per heavy atom. The number of fused-ring (bicyclic) bond motifs is 2. The van der Waals surface area contributed by atoms with Gasteiger partial charge in [-0.1, -0.05) is 29.8 Å². The van der Waals surface area contributed by atoms with E-state index >= 15 is 0 Å². The summed E-state index contributed by atoms with van der Waals surface area (Å²) in [5.74, 6) is 0.851. The quantitative estimate of drug-likeness (QED) is 0.558. The minimum absolute atomic E-state index is 0.343. The Kier molecular flexibility index (Phi) is 4.03. The van der Waals surface area contributed by atoms with Gasteiger partial charge in [-0.3, -0.25) is 4.79 Å². The van der Waals surface area contributed by atoms with Gasteiger partial charge in [-0.05, 0) is 24.3 Å². The van der Waals surface area contributed by atoms with E-state index < -0.39 is 0 Å². The van der Waals surface area contributed by atoms with Gasteiger partial charge >= 0.3 is 0 Å². The number of nitrogens with one attached hydrogen (secondary N) is 2. The zero-order valence-electron chi connectivity index (χ0n) is 13.1. The summed E-state index contributed by atoms with van der Waals surface area (Å²) in [6, 6.07) is 12.7. The molecule has 1 aromatic heterocycles. The molecule has 0 atom stereocenters. The van der Waals surface area contributed by atoms with Crippen molar-refractivity contribution in [3.63, 3.8) is 0 Å². The zero-order valence-corrected chi connectivity index (χ0v) is 13.8. The van der Waals surface area contributed by atoms with E-state index in [1.165, 1.54) is 6.21 Å². The van der Waals surface area contributed by atoms with Crippen molar-refractivity contribution in [2.45, 2.75) is 0 Å². The first-order valence-corrected chi connectivity index (χ1v) is 8.09. The number of amides is 1. The van der Waals surface area contributed by atoms with Gasteiger partial charge in [0.2, 0.25) is 0 Å². The third kappa shape index (κ3) is 3.04. The van der Waals surface area contributed by atoms with E-state index in [1.807, 2.05) is 24.3 Å². The Balaban J connectivity index is 1.51. The highest BCUT2D eigenvalue weighted by molar-refractivity contribution is 6.34. The van der Waals surface area contributed by atoms with Crippen LogP contribution in [0.5, 0.6) is 11.5 Å². The average Bonchev–Trinajstić information content (AvgIpc) is 2.96. The molecule has 4 rings (SSSR count). The van der Waals surface area contributed by atoms with Crippen LogP contribution in [0.3, 0.4) is 0 Å². The number of aromatic nitrogens is 1. The molecule has 6 nitrogen and oxygen atoms in total. The summed E-state index contributed by atoms with van der Waals surface area (Å²) in [5, 5.41) is 5.42. The lowest BCUT2D eigenvalue weighted by molar-refractivity contribution is 0.0954. The normalized spacial score (nSPS) is 13.3. The molecule has 0 fully saturated rings. The molecule has 1 aliphatic heterocycles. The molecule has 2 aromatic carbocycles. The molecule has 0 unspecified atom stereocenters. The van der Waals surface area contributed by atoms with E-state index in [1.54, 1.807) is 18.2 Å². The monoisotopic (exact) mass is 355 g/mol. The van der Waals surface area contributed by atoms with Crippen molar-refractivity contribution < 1.29 is 14.3 Å². The highest BCUT2D eigenvalue weighted by Gasteiger charge is 2.14. The number of carbonyl (C=O) groups is 1. The molecule has 2 heterocycles. The van der Waals surface area contributed by atoms with Crippen LogP contribution in [0.2, 0.25) is 5.15 Å². The highest BCUT2D eigenvalue weighted by Crippen LogP contribution is 2.30. The van der Waals surface area contributed by atoms with Gasteiger partial charge in [0.15, 0.2) is 11.5 Å². The largest absolute Gasteiger partial charge is 0.486 e. The summed E-state index contributed by atoms with van der Waals surface area (Å²) in [5.41, 5.74) is 4.57. The molecule has 0 spiro atoms. The number of hydrogen-bond acceptors (Lipinski definition) is 4. The molecule has 0 saturated heterocycles. The Hall–Kier alpha value is -2.99. The number of halogens is 1. The number of hydrazone groups is 1. The smallest absolute Gasteiger partial charge is 0.271 e. The fourth-order valence-electron chi connectivity index (χ4n) is 2.66. The number of nitrogens with zero attached hydrogens (tertiary/aromatic N) is 1. The number of H-pyrrole nitrogens is 1. The van der Waals surface area contributed by atoms with E-state index in [0.29, 0.717) is 35.4 Å². The average molecular weight is 356 g/mol. The van der Waals surface area contributed by atoms with Crippen LogP contribution in [0, 0.1) is 0 Å².